The number of nitrogens with one attached hydrogen (secondary N) is 1. The predicted molar refractivity (Wildman–Crippen MR) is 137 cm³/mol. The number of hydrogen-bond acceptors (Lipinski definition) is 5. The molecule has 4 aromatic rings. The van der Waals surface area contributed by atoms with Gasteiger partial charge in [0.15, 0.2) is 5.65 Å². The molecule has 180 valence electrons. The van der Waals surface area contributed by atoms with Crippen molar-refractivity contribution in [3.8, 4) is 11.4 Å². The number of amides is 2. The highest BCUT2D eigenvalue weighted by Gasteiger charge is 2.24. The van der Waals surface area contributed by atoms with Crippen molar-refractivity contribution in [1.29, 1.82) is 0 Å². The van der Waals surface area contributed by atoms with Crippen molar-refractivity contribution < 1.29 is 9.53 Å². The predicted octanol–water partition coefficient (Wildman–Crippen LogP) is 4.40. The molecule has 0 saturated carbocycles. The van der Waals surface area contributed by atoms with Crippen LogP contribution in [-0.2, 0) is 6.54 Å². The zero-order valence-corrected chi connectivity index (χ0v) is 20.4. The number of carbonyl (C=O) groups is 1. The normalized spacial score (nSPS) is 14.3. The number of benzene rings is 2. The van der Waals surface area contributed by atoms with Crippen LogP contribution < -0.4 is 10.1 Å². The average molecular weight is 471 g/mol. The van der Waals surface area contributed by atoms with Crippen LogP contribution in [0.2, 0.25) is 0 Å². The molecule has 1 saturated heterocycles. The number of fused-ring (bicyclic) bond motifs is 1. The van der Waals surface area contributed by atoms with Gasteiger partial charge in [-0.25, -0.2) is 14.8 Å². The molecule has 0 aliphatic carbocycles. The van der Waals surface area contributed by atoms with Gasteiger partial charge in [-0.2, -0.15) is 0 Å². The number of urea groups is 1. The van der Waals surface area contributed by atoms with Crippen molar-refractivity contribution >= 4 is 22.9 Å². The van der Waals surface area contributed by atoms with Gasteiger partial charge in [-0.05, 0) is 61.4 Å². The Labute approximate surface area is 205 Å². The van der Waals surface area contributed by atoms with Crippen LogP contribution in [0, 0.1) is 13.8 Å². The van der Waals surface area contributed by atoms with Crippen LogP contribution in [-0.4, -0.2) is 63.7 Å². The van der Waals surface area contributed by atoms with Crippen LogP contribution in [0.25, 0.3) is 16.9 Å². The molecule has 1 N–H and O–H groups in total. The standard InChI is InChI=1S/C27H30N6O2/c1-19-14-20(2)16-22(15-19)33-25(30-24-8-5-9-28-26(24)33)18-31-10-12-32(13-11-31)27(34)29-21-6-4-7-23(17-21)35-3/h4-9,14-17H,10-13,18H2,1-3H3,(H,29,34). The number of aryl methyl sites for hydroxylation is 2. The van der Waals surface area contributed by atoms with E-state index in [0.717, 1.165) is 41.5 Å². The number of rotatable bonds is 5. The van der Waals surface area contributed by atoms with E-state index >= 15 is 0 Å². The molecule has 1 aliphatic heterocycles. The first-order valence-corrected chi connectivity index (χ1v) is 11.8. The fourth-order valence-corrected chi connectivity index (χ4v) is 4.63. The molecular weight excluding hydrogens is 440 g/mol. The van der Waals surface area contributed by atoms with Crippen LogP contribution in [0.15, 0.2) is 60.8 Å². The number of aromatic nitrogens is 3. The Kier molecular flexibility index (Phi) is 6.37. The molecule has 1 aliphatic rings. The number of anilines is 1. The highest BCUT2D eigenvalue weighted by atomic mass is 16.5. The first kappa shape index (κ1) is 22.9. The third kappa shape index (κ3) is 4.97. The number of carbonyl (C=O) groups excluding carboxylic acids is 1. The average Bonchev–Trinajstić information content (AvgIpc) is 3.21. The summed E-state index contributed by atoms with van der Waals surface area (Å²) in [6.07, 6.45) is 1.81. The number of hydrogen-bond donors (Lipinski definition) is 1. The van der Waals surface area contributed by atoms with Crippen molar-refractivity contribution in [3.63, 3.8) is 0 Å². The minimum absolute atomic E-state index is 0.0930. The molecule has 0 radical (unpaired) electrons. The number of imidazole rings is 1. The minimum atomic E-state index is -0.0930. The maximum Gasteiger partial charge on any atom is 0.321 e. The summed E-state index contributed by atoms with van der Waals surface area (Å²) in [5, 5.41) is 2.97. The summed E-state index contributed by atoms with van der Waals surface area (Å²) in [5.74, 6) is 1.67. The molecule has 3 heterocycles. The second kappa shape index (κ2) is 9.76. The number of ether oxygens (including phenoxy) is 1. The van der Waals surface area contributed by atoms with E-state index in [-0.39, 0.29) is 6.03 Å². The Morgan fingerprint density at radius 2 is 1.77 bits per heavy atom. The summed E-state index contributed by atoms with van der Waals surface area (Å²) >= 11 is 0. The number of nitrogens with zero attached hydrogens (tertiary/aromatic N) is 5. The Morgan fingerprint density at radius 3 is 2.51 bits per heavy atom. The van der Waals surface area contributed by atoms with E-state index in [2.05, 4.69) is 51.8 Å². The Hall–Kier alpha value is -3.91. The lowest BCUT2D eigenvalue weighted by molar-refractivity contribution is 0.140. The summed E-state index contributed by atoms with van der Waals surface area (Å²) in [6.45, 7) is 7.76. The van der Waals surface area contributed by atoms with Gasteiger partial charge in [0.05, 0.1) is 13.7 Å². The third-order valence-corrected chi connectivity index (χ3v) is 6.30. The molecule has 0 bridgehead atoms. The third-order valence-electron chi connectivity index (χ3n) is 6.30. The van der Waals surface area contributed by atoms with E-state index in [1.807, 2.05) is 47.5 Å². The van der Waals surface area contributed by atoms with Crippen LogP contribution in [0.5, 0.6) is 5.75 Å². The SMILES string of the molecule is COc1cccc(NC(=O)N2CCN(Cc3nc4cccnc4n3-c3cc(C)cc(C)c3)CC2)c1. The second-order valence-electron chi connectivity index (χ2n) is 8.98. The van der Waals surface area contributed by atoms with Crippen molar-refractivity contribution in [2.75, 3.05) is 38.6 Å². The van der Waals surface area contributed by atoms with Gasteiger partial charge in [0.25, 0.3) is 0 Å². The molecule has 0 spiro atoms. The van der Waals surface area contributed by atoms with Crippen molar-refractivity contribution in [1.82, 2.24) is 24.3 Å². The highest BCUT2D eigenvalue weighted by molar-refractivity contribution is 5.89. The topological polar surface area (TPSA) is 75.5 Å². The monoisotopic (exact) mass is 470 g/mol. The zero-order chi connectivity index (χ0) is 24.4. The summed E-state index contributed by atoms with van der Waals surface area (Å²) < 4.78 is 7.41. The van der Waals surface area contributed by atoms with E-state index in [9.17, 15) is 4.79 Å². The molecule has 8 nitrogen and oxygen atoms in total. The molecule has 2 aromatic heterocycles. The van der Waals surface area contributed by atoms with Gasteiger partial charge in [0.1, 0.15) is 17.1 Å². The molecule has 1 fully saturated rings. The highest BCUT2D eigenvalue weighted by Crippen LogP contribution is 2.23. The molecule has 5 rings (SSSR count). The zero-order valence-electron chi connectivity index (χ0n) is 20.4. The molecule has 2 amide bonds. The molecule has 0 atom stereocenters. The summed E-state index contributed by atoms with van der Waals surface area (Å²) in [4.78, 5) is 26.5. The van der Waals surface area contributed by atoms with Crippen LogP contribution in [0.1, 0.15) is 17.0 Å². The van der Waals surface area contributed by atoms with Gasteiger partial charge in [-0.3, -0.25) is 9.47 Å². The number of pyridine rings is 1. The van der Waals surface area contributed by atoms with Gasteiger partial charge in [-0.15, -0.1) is 0 Å². The van der Waals surface area contributed by atoms with E-state index in [4.69, 9.17) is 9.72 Å². The van der Waals surface area contributed by atoms with E-state index in [1.54, 1.807) is 7.11 Å². The number of piperazine rings is 1. The Morgan fingerprint density at radius 1 is 1.00 bits per heavy atom. The largest absolute Gasteiger partial charge is 0.497 e. The van der Waals surface area contributed by atoms with Crippen molar-refractivity contribution in [3.05, 3.63) is 77.7 Å². The van der Waals surface area contributed by atoms with Gasteiger partial charge in [0, 0.05) is 49.8 Å². The van der Waals surface area contributed by atoms with Gasteiger partial charge < -0.3 is 15.0 Å². The maximum absolute atomic E-state index is 12.8. The fourth-order valence-electron chi connectivity index (χ4n) is 4.63. The van der Waals surface area contributed by atoms with Crippen molar-refractivity contribution in [2.24, 2.45) is 0 Å². The second-order valence-corrected chi connectivity index (χ2v) is 8.98. The van der Waals surface area contributed by atoms with Crippen LogP contribution >= 0.6 is 0 Å². The smallest absolute Gasteiger partial charge is 0.321 e. The van der Waals surface area contributed by atoms with Gasteiger partial charge >= 0.3 is 6.03 Å². The first-order chi connectivity index (χ1) is 17.0. The molecule has 8 heteroatoms. The van der Waals surface area contributed by atoms with Gasteiger partial charge in [-0.1, -0.05) is 12.1 Å². The Balaban J connectivity index is 1.30. The lowest BCUT2D eigenvalue weighted by Crippen LogP contribution is -2.49. The molecule has 0 unspecified atom stereocenters. The maximum atomic E-state index is 12.8. The van der Waals surface area contributed by atoms with Gasteiger partial charge in [0.2, 0.25) is 0 Å². The molecular formula is C27H30N6O2. The molecule has 2 aromatic carbocycles. The minimum Gasteiger partial charge on any atom is -0.497 e. The van der Waals surface area contributed by atoms with Crippen LogP contribution in [0.3, 0.4) is 0 Å². The van der Waals surface area contributed by atoms with E-state index < -0.39 is 0 Å². The summed E-state index contributed by atoms with van der Waals surface area (Å²) in [7, 11) is 1.62. The first-order valence-electron chi connectivity index (χ1n) is 11.8. The summed E-state index contributed by atoms with van der Waals surface area (Å²) in [5.41, 5.74) is 5.97. The van der Waals surface area contributed by atoms with Crippen molar-refractivity contribution in [2.45, 2.75) is 20.4 Å². The summed E-state index contributed by atoms with van der Waals surface area (Å²) in [6, 6.07) is 17.8. The van der Waals surface area contributed by atoms with E-state index in [1.165, 1.54) is 11.1 Å². The quantitative estimate of drug-likeness (QED) is 0.468. The fraction of sp³-hybridized carbons (Fsp3) is 0.296. The molecule has 35 heavy (non-hydrogen) atoms. The van der Waals surface area contributed by atoms with E-state index in [0.29, 0.717) is 25.4 Å². The Bertz CT molecular complexity index is 1340. The number of methoxy groups -OCH3 is 1. The van der Waals surface area contributed by atoms with Crippen LogP contribution in [0.4, 0.5) is 10.5 Å². The lowest BCUT2D eigenvalue weighted by Gasteiger charge is -2.34. The lowest BCUT2D eigenvalue weighted by atomic mass is 10.1.